The van der Waals surface area contributed by atoms with E-state index in [0.29, 0.717) is 18.7 Å². The number of benzene rings is 1. The normalized spacial score (nSPS) is 12.2. The van der Waals surface area contributed by atoms with E-state index in [1.807, 2.05) is 0 Å². The highest BCUT2D eigenvalue weighted by molar-refractivity contribution is 7.89. The average Bonchev–Trinajstić information content (AvgIpc) is 2.41. The molecular weight excluding hydrogens is 302 g/mol. The second-order valence-electron chi connectivity index (χ2n) is 6.13. The van der Waals surface area contributed by atoms with Crippen LogP contribution in [0.25, 0.3) is 0 Å². The number of carbonyl (C=O) groups is 1. The van der Waals surface area contributed by atoms with Gasteiger partial charge in [0, 0.05) is 17.6 Å². The Kier molecular flexibility index (Phi) is 6.52. The summed E-state index contributed by atoms with van der Waals surface area (Å²) in [6.45, 7) is 6.47. The highest BCUT2D eigenvalue weighted by atomic mass is 32.2. The van der Waals surface area contributed by atoms with E-state index in [-0.39, 0.29) is 10.8 Å². The number of hydrogen-bond donors (Lipinski definition) is 3. The first kappa shape index (κ1) is 18.6. The van der Waals surface area contributed by atoms with E-state index in [1.165, 1.54) is 24.3 Å². The lowest BCUT2D eigenvalue weighted by Gasteiger charge is -2.20. The first-order chi connectivity index (χ1) is 10.2. The Hall–Kier alpha value is -1.44. The van der Waals surface area contributed by atoms with Crippen LogP contribution in [0.4, 0.5) is 0 Å². The zero-order chi connectivity index (χ0) is 16.8. The topological polar surface area (TPSA) is 101 Å². The largest absolute Gasteiger partial charge is 0.352 e. The van der Waals surface area contributed by atoms with Gasteiger partial charge < -0.3 is 11.1 Å². The predicted molar refractivity (Wildman–Crippen MR) is 87.1 cm³/mol. The molecule has 0 spiro atoms. The lowest BCUT2D eigenvalue weighted by Crippen LogP contribution is -2.40. The van der Waals surface area contributed by atoms with Gasteiger partial charge in [-0.25, -0.2) is 13.1 Å². The molecule has 1 aromatic rings. The molecular formula is C15H25N3O3S. The Labute approximate surface area is 132 Å². The van der Waals surface area contributed by atoms with Crippen LogP contribution in [0.3, 0.4) is 0 Å². The van der Waals surface area contributed by atoms with Gasteiger partial charge in [-0.1, -0.05) is 0 Å². The molecule has 0 radical (unpaired) electrons. The molecule has 0 saturated heterocycles. The zero-order valence-corrected chi connectivity index (χ0v) is 14.2. The average molecular weight is 327 g/mol. The number of sulfonamides is 1. The molecule has 7 heteroatoms. The van der Waals surface area contributed by atoms with Crippen LogP contribution in [0.15, 0.2) is 29.2 Å². The quantitative estimate of drug-likeness (QED) is 0.656. The van der Waals surface area contributed by atoms with Crippen molar-refractivity contribution in [3.05, 3.63) is 29.8 Å². The van der Waals surface area contributed by atoms with E-state index in [2.05, 4.69) is 10.0 Å². The molecule has 0 aliphatic heterocycles. The van der Waals surface area contributed by atoms with Crippen LogP contribution in [-0.4, -0.2) is 33.0 Å². The summed E-state index contributed by atoms with van der Waals surface area (Å²) in [4.78, 5) is 12.0. The van der Waals surface area contributed by atoms with Crippen molar-refractivity contribution in [1.29, 1.82) is 0 Å². The molecule has 1 amide bonds. The summed E-state index contributed by atoms with van der Waals surface area (Å²) in [5, 5.41) is 2.77. The molecule has 0 saturated carbocycles. The predicted octanol–water partition coefficient (Wildman–Crippen LogP) is 1.23. The molecule has 6 nitrogen and oxygen atoms in total. The molecule has 0 aliphatic carbocycles. The second-order valence-corrected chi connectivity index (χ2v) is 7.81. The Balaban J connectivity index is 2.72. The van der Waals surface area contributed by atoms with Crippen molar-refractivity contribution in [2.75, 3.05) is 13.1 Å². The number of carbonyl (C=O) groups excluding carboxylic acids is 1. The van der Waals surface area contributed by atoms with Gasteiger partial charge in [-0.2, -0.15) is 0 Å². The van der Waals surface area contributed by atoms with Crippen molar-refractivity contribution < 1.29 is 13.2 Å². The van der Waals surface area contributed by atoms with E-state index in [4.69, 9.17) is 5.73 Å². The molecule has 0 aromatic heterocycles. The van der Waals surface area contributed by atoms with Gasteiger partial charge in [0.1, 0.15) is 0 Å². The SMILES string of the molecule is CC(C)(C)NS(=O)(=O)c1ccc(C(=O)NCCCCN)cc1. The minimum Gasteiger partial charge on any atom is -0.352 e. The molecule has 1 aromatic carbocycles. The highest BCUT2D eigenvalue weighted by Crippen LogP contribution is 2.13. The number of hydrogen-bond acceptors (Lipinski definition) is 4. The van der Waals surface area contributed by atoms with Crippen LogP contribution in [-0.2, 0) is 10.0 Å². The Morgan fingerprint density at radius 2 is 1.73 bits per heavy atom. The summed E-state index contributed by atoms with van der Waals surface area (Å²) in [6, 6.07) is 5.89. The zero-order valence-electron chi connectivity index (χ0n) is 13.3. The van der Waals surface area contributed by atoms with Crippen LogP contribution < -0.4 is 15.8 Å². The highest BCUT2D eigenvalue weighted by Gasteiger charge is 2.22. The first-order valence-corrected chi connectivity index (χ1v) is 8.76. The molecule has 0 heterocycles. The Morgan fingerprint density at radius 1 is 1.14 bits per heavy atom. The number of nitrogens with two attached hydrogens (primary N) is 1. The van der Waals surface area contributed by atoms with Crippen LogP contribution >= 0.6 is 0 Å². The van der Waals surface area contributed by atoms with Crippen molar-refractivity contribution >= 4 is 15.9 Å². The maximum Gasteiger partial charge on any atom is 0.251 e. The van der Waals surface area contributed by atoms with Crippen molar-refractivity contribution in [2.45, 2.75) is 44.0 Å². The van der Waals surface area contributed by atoms with Crippen molar-refractivity contribution in [3.8, 4) is 0 Å². The monoisotopic (exact) mass is 327 g/mol. The number of rotatable bonds is 7. The van der Waals surface area contributed by atoms with Gasteiger partial charge in [0.05, 0.1) is 4.90 Å². The van der Waals surface area contributed by atoms with E-state index in [9.17, 15) is 13.2 Å². The Bertz CT molecular complexity index is 589. The number of amides is 1. The third-order valence-corrected chi connectivity index (χ3v) is 4.56. The smallest absolute Gasteiger partial charge is 0.251 e. The van der Waals surface area contributed by atoms with Gasteiger partial charge in [0.15, 0.2) is 0 Å². The molecule has 4 N–H and O–H groups in total. The van der Waals surface area contributed by atoms with Gasteiger partial charge in [0.25, 0.3) is 5.91 Å². The summed E-state index contributed by atoms with van der Waals surface area (Å²) in [5.41, 5.74) is 5.26. The van der Waals surface area contributed by atoms with Crippen LogP contribution in [0.2, 0.25) is 0 Å². The summed E-state index contributed by atoms with van der Waals surface area (Å²) < 4.78 is 26.9. The molecule has 0 bridgehead atoms. The molecule has 0 unspecified atom stereocenters. The standard InChI is InChI=1S/C15H25N3O3S/c1-15(2,3)18-22(20,21)13-8-6-12(7-9-13)14(19)17-11-5-4-10-16/h6-9,18H,4-5,10-11,16H2,1-3H3,(H,17,19). The fraction of sp³-hybridized carbons (Fsp3) is 0.533. The Morgan fingerprint density at radius 3 is 2.23 bits per heavy atom. The van der Waals surface area contributed by atoms with Crippen LogP contribution in [0.5, 0.6) is 0 Å². The molecule has 0 atom stereocenters. The van der Waals surface area contributed by atoms with Crippen LogP contribution in [0, 0.1) is 0 Å². The second kappa shape index (κ2) is 7.71. The fourth-order valence-electron chi connectivity index (χ4n) is 1.82. The molecule has 0 aliphatic rings. The van der Waals surface area contributed by atoms with Crippen LogP contribution in [0.1, 0.15) is 44.0 Å². The van der Waals surface area contributed by atoms with E-state index in [0.717, 1.165) is 12.8 Å². The fourth-order valence-corrected chi connectivity index (χ4v) is 3.24. The lowest BCUT2D eigenvalue weighted by molar-refractivity contribution is 0.0953. The number of unbranched alkanes of at least 4 members (excludes halogenated alkanes) is 1. The summed E-state index contributed by atoms with van der Waals surface area (Å²) in [5.74, 6) is -0.218. The van der Waals surface area contributed by atoms with Gasteiger partial charge >= 0.3 is 0 Å². The lowest BCUT2D eigenvalue weighted by atomic mass is 10.1. The maximum atomic E-state index is 12.1. The minimum atomic E-state index is -3.58. The summed E-state index contributed by atoms with van der Waals surface area (Å²) in [7, 11) is -3.58. The third-order valence-electron chi connectivity index (χ3n) is 2.78. The van der Waals surface area contributed by atoms with Crippen molar-refractivity contribution in [1.82, 2.24) is 10.0 Å². The minimum absolute atomic E-state index is 0.141. The molecule has 1 rings (SSSR count). The van der Waals surface area contributed by atoms with Gasteiger partial charge in [-0.3, -0.25) is 4.79 Å². The summed E-state index contributed by atoms with van der Waals surface area (Å²) >= 11 is 0. The molecule has 22 heavy (non-hydrogen) atoms. The number of nitrogens with one attached hydrogen (secondary N) is 2. The van der Waals surface area contributed by atoms with Crippen molar-refractivity contribution in [2.24, 2.45) is 5.73 Å². The third kappa shape index (κ3) is 6.13. The molecule has 124 valence electrons. The molecule has 0 fully saturated rings. The summed E-state index contributed by atoms with van der Waals surface area (Å²) in [6.07, 6.45) is 1.68. The van der Waals surface area contributed by atoms with E-state index in [1.54, 1.807) is 20.8 Å². The van der Waals surface area contributed by atoms with E-state index >= 15 is 0 Å². The van der Waals surface area contributed by atoms with Crippen molar-refractivity contribution in [3.63, 3.8) is 0 Å². The maximum absolute atomic E-state index is 12.1. The van der Waals surface area contributed by atoms with Gasteiger partial charge in [-0.05, 0) is 64.4 Å². The van der Waals surface area contributed by atoms with E-state index < -0.39 is 15.6 Å². The van der Waals surface area contributed by atoms with Gasteiger partial charge in [-0.15, -0.1) is 0 Å². The van der Waals surface area contributed by atoms with Gasteiger partial charge in [0.2, 0.25) is 10.0 Å². The first-order valence-electron chi connectivity index (χ1n) is 7.28.